The first-order valence-electron chi connectivity index (χ1n) is 5.40. The van der Waals surface area contributed by atoms with Gasteiger partial charge in [-0.3, -0.25) is 14.9 Å². The molecule has 0 aliphatic heterocycles. The van der Waals surface area contributed by atoms with Gasteiger partial charge >= 0.3 is 0 Å². The van der Waals surface area contributed by atoms with Crippen molar-refractivity contribution < 1.29 is 4.92 Å². The van der Waals surface area contributed by atoms with Crippen molar-refractivity contribution in [3.63, 3.8) is 0 Å². The van der Waals surface area contributed by atoms with E-state index in [-0.39, 0.29) is 16.9 Å². The number of non-ortho nitro benzene ring substituents is 1. The normalized spacial score (nSPS) is 10.0. The molecule has 0 fully saturated rings. The Morgan fingerprint density at radius 1 is 1.50 bits per heavy atom. The van der Waals surface area contributed by atoms with Crippen LogP contribution in [0.2, 0.25) is 0 Å². The Morgan fingerprint density at radius 2 is 2.25 bits per heavy atom. The molecule has 8 heteroatoms. The zero-order valence-corrected chi connectivity index (χ0v) is 11.1. The second-order valence-corrected chi connectivity index (χ2v) is 4.51. The standard InChI is InChI=1S/C12H8N4O3S/c1-20-12-14-10(9(6-13)11(17)15-12)7-3-2-4-8(5-7)16(18)19/h2-5H,1H3,(H,14,15,17). The highest BCUT2D eigenvalue weighted by atomic mass is 32.2. The molecule has 1 aromatic heterocycles. The summed E-state index contributed by atoms with van der Waals surface area (Å²) in [6.45, 7) is 0. The van der Waals surface area contributed by atoms with Gasteiger partial charge in [-0.25, -0.2) is 4.98 Å². The molecule has 0 spiro atoms. The number of aromatic nitrogens is 2. The maximum absolute atomic E-state index is 11.8. The number of aromatic amines is 1. The van der Waals surface area contributed by atoms with Gasteiger partial charge < -0.3 is 4.98 Å². The van der Waals surface area contributed by atoms with Crippen molar-refractivity contribution >= 4 is 17.4 Å². The fourth-order valence-corrected chi connectivity index (χ4v) is 2.01. The molecule has 0 amide bonds. The number of nitro groups is 1. The number of nitro benzene ring substituents is 1. The Morgan fingerprint density at radius 3 is 2.85 bits per heavy atom. The number of hydrogen-bond donors (Lipinski definition) is 1. The molecule has 1 N–H and O–H groups in total. The maximum Gasteiger partial charge on any atom is 0.270 e. The highest BCUT2D eigenvalue weighted by Crippen LogP contribution is 2.24. The molecule has 0 atom stereocenters. The molecule has 0 radical (unpaired) electrons. The topological polar surface area (TPSA) is 113 Å². The molecular formula is C12H8N4O3S. The van der Waals surface area contributed by atoms with E-state index in [0.29, 0.717) is 10.7 Å². The summed E-state index contributed by atoms with van der Waals surface area (Å²) in [5.74, 6) is 0. The summed E-state index contributed by atoms with van der Waals surface area (Å²) in [5.41, 5.74) is -0.350. The van der Waals surface area contributed by atoms with E-state index < -0.39 is 10.5 Å². The third-order valence-electron chi connectivity index (χ3n) is 2.53. The molecule has 0 unspecified atom stereocenters. The van der Waals surface area contributed by atoms with Gasteiger partial charge in [0.25, 0.3) is 11.2 Å². The summed E-state index contributed by atoms with van der Waals surface area (Å²) in [7, 11) is 0. The minimum Gasteiger partial charge on any atom is -0.300 e. The largest absolute Gasteiger partial charge is 0.300 e. The summed E-state index contributed by atoms with van der Waals surface area (Å²) < 4.78 is 0. The van der Waals surface area contributed by atoms with Crippen LogP contribution in [0.15, 0.2) is 34.2 Å². The number of rotatable bonds is 3. The molecule has 0 aliphatic carbocycles. The molecule has 2 rings (SSSR count). The van der Waals surface area contributed by atoms with E-state index in [4.69, 9.17) is 5.26 Å². The Balaban J connectivity index is 2.71. The van der Waals surface area contributed by atoms with Crippen LogP contribution in [0.3, 0.4) is 0 Å². The van der Waals surface area contributed by atoms with Crippen LogP contribution in [0.1, 0.15) is 5.56 Å². The van der Waals surface area contributed by atoms with Crippen LogP contribution in [0.5, 0.6) is 0 Å². The van der Waals surface area contributed by atoms with Crippen LogP contribution >= 0.6 is 11.8 Å². The van der Waals surface area contributed by atoms with Gasteiger partial charge in [-0.15, -0.1) is 0 Å². The molecule has 20 heavy (non-hydrogen) atoms. The van der Waals surface area contributed by atoms with E-state index in [2.05, 4.69) is 9.97 Å². The van der Waals surface area contributed by atoms with Gasteiger partial charge in [0.2, 0.25) is 0 Å². The van der Waals surface area contributed by atoms with E-state index in [0.717, 1.165) is 0 Å². The number of H-pyrrole nitrogens is 1. The fourth-order valence-electron chi connectivity index (χ4n) is 1.63. The number of thioether (sulfide) groups is 1. The third kappa shape index (κ3) is 2.53. The highest BCUT2D eigenvalue weighted by molar-refractivity contribution is 7.98. The van der Waals surface area contributed by atoms with E-state index in [9.17, 15) is 14.9 Å². The van der Waals surface area contributed by atoms with Crippen molar-refractivity contribution in [3.8, 4) is 17.3 Å². The lowest BCUT2D eigenvalue weighted by Crippen LogP contribution is -2.14. The predicted molar refractivity (Wildman–Crippen MR) is 73.4 cm³/mol. The van der Waals surface area contributed by atoms with Crippen molar-refractivity contribution in [1.82, 2.24) is 9.97 Å². The minimum atomic E-state index is -0.562. The van der Waals surface area contributed by atoms with Gasteiger partial charge in [-0.2, -0.15) is 5.26 Å². The quantitative estimate of drug-likeness (QED) is 0.399. The Kier molecular flexibility index (Phi) is 3.81. The molecule has 0 bridgehead atoms. The summed E-state index contributed by atoms with van der Waals surface area (Å²) >= 11 is 1.21. The second kappa shape index (κ2) is 5.54. The van der Waals surface area contributed by atoms with Crippen LogP contribution in [0.4, 0.5) is 5.69 Å². The van der Waals surface area contributed by atoms with Gasteiger partial charge in [0.15, 0.2) is 5.16 Å². The molecule has 0 saturated carbocycles. The average molecular weight is 288 g/mol. The lowest BCUT2D eigenvalue weighted by atomic mass is 10.1. The minimum absolute atomic E-state index is 0.126. The zero-order chi connectivity index (χ0) is 14.7. The number of nitrogens with zero attached hydrogens (tertiary/aromatic N) is 3. The molecule has 100 valence electrons. The van der Waals surface area contributed by atoms with Crippen molar-refractivity contribution in [1.29, 1.82) is 5.26 Å². The Labute approximate surface area is 117 Å². The molecule has 1 aromatic carbocycles. The lowest BCUT2D eigenvalue weighted by Gasteiger charge is -2.04. The summed E-state index contributed by atoms with van der Waals surface area (Å²) in [6.07, 6.45) is 1.72. The van der Waals surface area contributed by atoms with Gasteiger partial charge in [-0.05, 0) is 6.26 Å². The molecule has 0 aliphatic rings. The second-order valence-electron chi connectivity index (χ2n) is 3.72. The van der Waals surface area contributed by atoms with Crippen molar-refractivity contribution in [3.05, 3.63) is 50.3 Å². The SMILES string of the molecule is CSc1nc(-c2cccc([N+](=O)[O-])c2)c(C#N)c(=O)[nH]1. The van der Waals surface area contributed by atoms with E-state index in [1.54, 1.807) is 18.4 Å². The number of nitrogens with one attached hydrogen (secondary N) is 1. The molecule has 1 heterocycles. The van der Waals surface area contributed by atoms with Crippen LogP contribution < -0.4 is 5.56 Å². The Hall–Kier alpha value is -2.66. The smallest absolute Gasteiger partial charge is 0.270 e. The average Bonchev–Trinajstić information content (AvgIpc) is 2.46. The monoisotopic (exact) mass is 288 g/mol. The van der Waals surface area contributed by atoms with Crippen LogP contribution in [0.25, 0.3) is 11.3 Å². The summed E-state index contributed by atoms with van der Waals surface area (Å²) in [4.78, 5) is 28.6. The fraction of sp³-hybridized carbons (Fsp3) is 0.0833. The van der Waals surface area contributed by atoms with Crippen LogP contribution in [0, 0.1) is 21.4 Å². The van der Waals surface area contributed by atoms with Gasteiger partial charge in [-0.1, -0.05) is 23.9 Å². The molecular weight excluding hydrogens is 280 g/mol. The van der Waals surface area contributed by atoms with Crippen LogP contribution in [-0.2, 0) is 0 Å². The zero-order valence-electron chi connectivity index (χ0n) is 10.3. The highest BCUT2D eigenvalue weighted by Gasteiger charge is 2.15. The molecule has 2 aromatic rings. The van der Waals surface area contributed by atoms with Crippen LogP contribution in [-0.4, -0.2) is 21.1 Å². The van der Waals surface area contributed by atoms with Crippen molar-refractivity contribution in [2.24, 2.45) is 0 Å². The van der Waals surface area contributed by atoms with E-state index in [1.807, 2.05) is 0 Å². The number of benzene rings is 1. The Bertz CT molecular complexity index is 779. The summed E-state index contributed by atoms with van der Waals surface area (Å²) in [6, 6.07) is 7.44. The first kappa shape index (κ1) is 13.8. The van der Waals surface area contributed by atoms with Gasteiger partial charge in [0.1, 0.15) is 11.6 Å². The first-order valence-corrected chi connectivity index (χ1v) is 6.62. The summed E-state index contributed by atoms with van der Waals surface area (Å²) in [5, 5.41) is 20.2. The lowest BCUT2D eigenvalue weighted by molar-refractivity contribution is -0.384. The number of hydrogen-bond acceptors (Lipinski definition) is 6. The van der Waals surface area contributed by atoms with E-state index in [1.165, 1.54) is 30.0 Å². The third-order valence-corrected chi connectivity index (χ3v) is 3.11. The van der Waals surface area contributed by atoms with Gasteiger partial charge in [0, 0.05) is 17.7 Å². The van der Waals surface area contributed by atoms with Crippen molar-refractivity contribution in [2.45, 2.75) is 5.16 Å². The predicted octanol–water partition coefficient (Wildman–Crippen LogP) is 1.94. The number of nitriles is 1. The maximum atomic E-state index is 11.8. The first-order chi connectivity index (χ1) is 9.56. The van der Waals surface area contributed by atoms with Gasteiger partial charge in [0.05, 0.1) is 10.6 Å². The van der Waals surface area contributed by atoms with Crippen molar-refractivity contribution in [2.75, 3.05) is 6.26 Å². The molecule has 7 nitrogen and oxygen atoms in total. The van der Waals surface area contributed by atoms with E-state index >= 15 is 0 Å². The molecule has 0 saturated heterocycles.